The second-order valence-electron chi connectivity index (χ2n) is 6.55. The van der Waals surface area contributed by atoms with Crippen LogP contribution in [-0.2, 0) is 26.3 Å². The minimum atomic E-state index is -4.76. The molecule has 0 radical (unpaired) electrons. The predicted molar refractivity (Wildman–Crippen MR) is 111 cm³/mol. The Balaban J connectivity index is 2.32. The number of hydrogen-bond donors (Lipinski definition) is 0. The number of hydrogen-bond acceptors (Lipinski definition) is 3. The Hall–Kier alpha value is -2.34. The lowest BCUT2D eigenvalue weighted by Gasteiger charge is -2.22. The van der Waals surface area contributed by atoms with Gasteiger partial charge in [-0.3, -0.25) is 4.57 Å². The van der Waals surface area contributed by atoms with Gasteiger partial charge in [-0.1, -0.05) is 60.7 Å². The van der Waals surface area contributed by atoms with Gasteiger partial charge in [-0.15, -0.1) is 0 Å². The first kappa shape index (κ1) is 22.3. The summed E-state index contributed by atoms with van der Waals surface area (Å²) in [6.45, 7) is 3.14. The van der Waals surface area contributed by atoms with E-state index < -0.39 is 24.8 Å². The summed E-state index contributed by atoms with van der Waals surface area (Å²) < 4.78 is 68.5. The number of rotatable bonds is 8. The normalized spacial score (nSPS) is 12.3. The SMILES string of the molecule is CCOP(=O)(OCC)c1c(C(F)(F)F)c(-c2ccccc2)cn1Cc1ccccc1. The van der Waals surface area contributed by atoms with Crippen molar-refractivity contribution < 1.29 is 26.8 Å². The van der Waals surface area contributed by atoms with Crippen molar-refractivity contribution in [3.05, 3.63) is 78.0 Å². The van der Waals surface area contributed by atoms with Crippen molar-refractivity contribution in [1.29, 1.82) is 0 Å². The van der Waals surface area contributed by atoms with E-state index in [1.165, 1.54) is 10.8 Å². The Morgan fingerprint density at radius 2 is 1.43 bits per heavy atom. The van der Waals surface area contributed by atoms with Crippen molar-refractivity contribution in [3.8, 4) is 11.1 Å². The molecule has 0 aliphatic rings. The highest BCUT2D eigenvalue weighted by Gasteiger charge is 2.46. The fraction of sp³-hybridized carbons (Fsp3) is 0.273. The molecule has 0 aliphatic carbocycles. The molecule has 0 saturated heterocycles. The zero-order chi connectivity index (χ0) is 21.8. The molecule has 30 heavy (non-hydrogen) atoms. The molecular weight excluding hydrogens is 414 g/mol. The van der Waals surface area contributed by atoms with Crippen LogP contribution in [0.15, 0.2) is 66.9 Å². The highest BCUT2D eigenvalue weighted by molar-refractivity contribution is 7.62. The molecule has 160 valence electrons. The van der Waals surface area contributed by atoms with Crippen molar-refractivity contribution in [2.75, 3.05) is 13.2 Å². The number of alkyl halides is 3. The summed E-state index contributed by atoms with van der Waals surface area (Å²) in [5, 5.41) is 0. The third-order valence-corrected chi connectivity index (χ3v) is 6.67. The first-order valence-corrected chi connectivity index (χ1v) is 11.1. The average Bonchev–Trinajstić information content (AvgIpc) is 3.10. The molecular formula is C22H23F3NO3P. The van der Waals surface area contributed by atoms with Crippen LogP contribution in [0.25, 0.3) is 11.1 Å². The first-order valence-electron chi connectivity index (χ1n) is 9.59. The fourth-order valence-electron chi connectivity index (χ4n) is 3.36. The van der Waals surface area contributed by atoms with Gasteiger partial charge in [0.15, 0.2) is 0 Å². The van der Waals surface area contributed by atoms with Crippen LogP contribution in [-0.4, -0.2) is 17.8 Å². The Morgan fingerprint density at radius 1 is 0.900 bits per heavy atom. The molecule has 0 spiro atoms. The Bertz CT molecular complexity index is 1010. The molecule has 0 bridgehead atoms. The van der Waals surface area contributed by atoms with Crippen LogP contribution in [0.3, 0.4) is 0 Å². The molecule has 0 unspecified atom stereocenters. The molecule has 3 aromatic rings. The smallest absolute Gasteiger partial charge is 0.336 e. The van der Waals surface area contributed by atoms with E-state index in [4.69, 9.17) is 9.05 Å². The molecule has 3 rings (SSSR count). The molecule has 2 aromatic carbocycles. The van der Waals surface area contributed by atoms with Crippen LogP contribution in [0.4, 0.5) is 13.2 Å². The topological polar surface area (TPSA) is 40.5 Å². The number of nitrogens with zero attached hydrogens (tertiary/aromatic N) is 1. The second kappa shape index (κ2) is 9.21. The number of halogens is 3. The first-order chi connectivity index (χ1) is 14.3. The third kappa shape index (κ3) is 4.69. The average molecular weight is 437 g/mol. The molecule has 0 aliphatic heterocycles. The lowest BCUT2D eigenvalue weighted by Crippen LogP contribution is -2.27. The minimum absolute atomic E-state index is 0.0498. The number of benzene rings is 2. The van der Waals surface area contributed by atoms with Gasteiger partial charge in [0.25, 0.3) is 0 Å². The quantitative estimate of drug-likeness (QED) is 0.399. The van der Waals surface area contributed by atoms with E-state index in [0.717, 1.165) is 5.56 Å². The zero-order valence-corrected chi connectivity index (χ0v) is 17.6. The summed E-state index contributed by atoms with van der Waals surface area (Å²) in [4.78, 5) is 0. The van der Waals surface area contributed by atoms with E-state index in [1.54, 1.807) is 68.4 Å². The Kier molecular flexibility index (Phi) is 6.86. The van der Waals surface area contributed by atoms with Crippen molar-refractivity contribution in [1.82, 2.24) is 4.57 Å². The van der Waals surface area contributed by atoms with Crippen LogP contribution < -0.4 is 5.44 Å². The summed E-state index contributed by atoms with van der Waals surface area (Å²) in [6, 6.07) is 17.2. The van der Waals surface area contributed by atoms with Gasteiger partial charge >= 0.3 is 13.8 Å². The zero-order valence-electron chi connectivity index (χ0n) is 16.7. The predicted octanol–water partition coefficient (Wildman–Crippen LogP) is 6.11. The van der Waals surface area contributed by atoms with E-state index >= 15 is 0 Å². The van der Waals surface area contributed by atoms with Gasteiger partial charge in [-0.05, 0) is 25.0 Å². The van der Waals surface area contributed by atoms with Crippen molar-refractivity contribution >= 4 is 13.0 Å². The third-order valence-electron chi connectivity index (χ3n) is 4.47. The molecule has 0 amide bonds. The van der Waals surface area contributed by atoms with Gasteiger partial charge in [0.1, 0.15) is 5.44 Å². The van der Waals surface area contributed by atoms with Gasteiger partial charge in [0, 0.05) is 18.3 Å². The van der Waals surface area contributed by atoms with E-state index in [-0.39, 0.29) is 25.3 Å². The summed E-state index contributed by atoms with van der Waals surface area (Å²) >= 11 is 0. The van der Waals surface area contributed by atoms with E-state index in [0.29, 0.717) is 5.56 Å². The van der Waals surface area contributed by atoms with E-state index in [1.807, 2.05) is 6.07 Å². The highest BCUT2D eigenvalue weighted by Crippen LogP contribution is 2.52. The Morgan fingerprint density at radius 3 is 1.93 bits per heavy atom. The largest absolute Gasteiger partial charge is 0.419 e. The van der Waals surface area contributed by atoms with Crippen molar-refractivity contribution in [3.63, 3.8) is 0 Å². The summed E-state index contributed by atoms with van der Waals surface area (Å²) in [7, 11) is -4.24. The van der Waals surface area contributed by atoms with Gasteiger partial charge < -0.3 is 13.6 Å². The maximum Gasteiger partial charge on any atom is 0.419 e. The highest BCUT2D eigenvalue weighted by atomic mass is 31.2. The maximum absolute atomic E-state index is 14.3. The molecule has 1 aromatic heterocycles. The second-order valence-corrected chi connectivity index (χ2v) is 8.49. The summed E-state index contributed by atoms with van der Waals surface area (Å²) in [5.74, 6) is 0. The lowest BCUT2D eigenvalue weighted by atomic mass is 10.0. The van der Waals surface area contributed by atoms with Crippen LogP contribution in [0.2, 0.25) is 0 Å². The molecule has 4 nitrogen and oxygen atoms in total. The van der Waals surface area contributed by atoms with Crippen LogP contribution >= 0.6 is 7.60 Å². The van der Waals surface area contributed by atoms with Crippen molar-refractivity contribution in [2.24, 2.45) is 0 Å². The van der Waals surface area contributed by atoms with Crippen LogP contribution in [0.5, 0.6) is 0 Å². The molecule has 1 heterocycles. The monoisotopic (exact) mass is 437 g/mol. The lowest BCUT2D eigenvalue weighted by molar-refractivity contribution is -0.136. The van der Waals surface area contributed by atoms with Gasteiger partial charge in [0.2, 0.25) is 0 Å². The summed E-state index contributed by atoms with van der Waals surface area (Å²) in [5.41, 5.74) is -0.385. The standard InChI is InChI=1S/C22H23F3NO3P/c1-3-28-30(27,29-4-2)21-20(22(23,24)25)19(18-13-9-6-10-14-18)16-26(21)15-17-11-7-5-8-12-17/h5-14,16H,3-4,15H2,1-2H3. The molecule has 0 N–H and O–H groups in total. The summed E-state index contributed by atoms with van der Waals surface area (Å²) in [6.07, 6.45) is -3.38. The molecule has 8 heteroatoms. The van der Waals surface area contributed by atoms with E-state index in [9.17, 15) is 17.7 Å². The van der Waals surface area contributed by atoms with Crippen LogP contribution in [0, 0.1) is 0 Å². The van der Waals surface area contributed by atoms with Crippen LogP contribution in [0.1, 0.15) is 25.0 Å². The maximum atomic E-state index is 14.3. The Labute approximate surface area is 173 Å². The molecule has 0 atom stereocenters. The fourth-order valence-corrected chi connectivity index (χ4v) is 5.32. The molecule has 0 fully saturated rings. The minimum Gasteiger partial charge on any atom is -0.336 e. The van der Waals surface area contributed by atoms with Gasteiger partial charge in [-0.25, -0.2) is 0 Å². The number of aromatic nitrogens is 1. The van der Waals surface area contributed by atoms with E-state index in [2.05, 4.69) is 0 Å². The molecule has 0 saturated carbocycles. The van der Waals surface area contributed by atoms with Gasteiger partial charge in [-0.2, -0.15) is 13.2 Å². The van der Waals surface area contributed by atoms with Crippen molar-refractivity contribution in [2.45, 2.75) is 26.6 Å². The van der Waals surface area contributed by atoms with Gasteiger partial charge in [0.05, 0.1) is 18.8 Å².